The molecule has 0 bridgehead atoms. The number of nitrogens with one attached hydrogen (secondary N) is 1. The second-order valence-corrected chi connectivity index (χ2v) is 5.74. The lowest BCUT2D eigenvalue weighted by molar-refractivity contribution is -0.154. The standard InChI is InChI=1S/C15H21N3O2/c1-5-12-13(19)17-15(3,4)14(20)18(12)9-11-8-6-7-10(2)16-11/h6-8,12H,5,9H2,1-4H3,(H,17,19). The summed E-state index contributed by atoms with van der Waals surface area (Å²) >= 11 is 0. The van der Waals surface area contributed by atoms with E-state index in [0.29, 0.717) is 13.0 Å². The van der Waals surface area contributed by atoms with Crippen LogP contribution in [0.4, 0.5) is 0 Å². The average molecular weight is 275 g/mol. The van der Waals surface area contributed by atoms with Crippen LogP contribution in [0, 0.1) is 6.92 Å². The molecule has 5 heteroatoms. The van der Waals surface area contributed by atoms with E-state index in [-0.39, 0.29) is 11.8 Å². The molecule has 1 aromatic heterocycles. The Morgan fingerprint density at radius 3 is 2.65 bits per heavy atom. The van der Waals surface area contributed by atoms with Gasteiger partial charge in [-0.05, 0) is 39.3 Å². The van der Waals surface area contributed by atoms with E-state index >= 15 is 0 Å². The molecule has 1 aliphatic heterocycles. The summed E-state index contributed by atoms with van der Waals surface area (Å²) in [6, 6.07) is 5.29. The first-order valence-electron chi connectivity index (χ1n) is 6.91. The lowest BCUT2D eigenvalue weighted by Crippen LogP contribution is -2.67. The second-order valence-electron chi connectivity index (χ2n) is 5.74. The van der Waals surface area contributed by atoms with Crippen molar-refractivity contribution in [2.24, 2.45) is 0 Å². The van der Waals surface area contributed by atoms with Crippen LogP contribution in [0.25, 0.3) is 0 Å². The van der Waals surface area contributed by atoms with E-state index in [2.05, 4.69) is 10.3 Å². The van der Waals surface area contributed by atoms with Gasteiger partial charge in [0.15, 0.2) is 0 Å². The van der Waals surface area contributed by atoms with Crippen molar-refractivity contribution in [1.29, 1.82) is 0 Å². The monoisotopic (exact) mass is 275 g/mol. The van der Waals surface area contributed by atoms with Crippen LogP contribution in [0.1, 0.15) is 38.6 Å². The minimum absolute atomic E-state index is 0.0627. The smallest absolute Gasteiger partial charge is 0.248 e. The van der Waals surface area contributed by atoms with Gasteiger partial charge in [0, 0.05) is 5.69 Å². The van der Waals surface area contributed by atoms with E-state index in [9.17, 15) is 9.59 Å². The molecule has 1 aliphatic rings. The molecule has 0 aliphatic carbocycles. The number of rotatable bonds is 3. The molecule has 5 nitrogen and oxygen atoms in total. The molecule has 0 saturated carbocycles. The third kappa shape index (κ3) is 2.66. The number of amides is 2. The molecule has 1 atom stereocenters. The summed E-state index contributed by atoms with van der Waals surface area (Å²) in [6.07, 6.45) is 0.597. The molecule has 2 heterocycles. The maximum absolute atomic E-state index is 12.5. The van der Waals surface area contributed by atoms with Gasteiger partial charge in [0.1, 0.15) is 11.6 Å². The lowest BCUT2D eigenvalue weighted by Gasteiger charge is -2.42. The van der Waals surface area contributed by atoms with E-state index in [1.165, 1.54) is 0 Å². The molecule has 1 fully saturated rings. The molecule has 108 valence electrons. The summed E-state index contributed by atoms with van der Waals surface area (Å²) < 4.78 is 0. The fourth-order valence-corrected chi connectivity index (χ4v) is 2.54. The van der Waals surface area contributed by atoms with Crippen LogP contribution in [-0.2, 0) is 16.1 Å². The van der Waals surface area contributed by atoms with E-state index < -0.39 is 11.6 Å². The number of hydrogen-bond donors (Lipinski definition) is 1. The van der Waals surface area contributed by atoms with Gasteiger partial charge in [-0.2, -0.15) is 0 Å². The van der Waals surface area contributed by atoms with Crippen LogP contribution in [0.2, 0.25) is 0 Å². The third-order valence-electron chi connectivity index (χ3n) is 3.58. The Balaban J connectivity index is 2.30. The van der Waals surface area contributed by atoms with Crippen molar-refractivity contribution in [3.8, 4) is 0 Å². The fraction of sp³-hybridized carbons (Fsp3) is 0.533. The Morgan fingerprint density at radius 1 is 1.35 bits per heavy atom. The van der Waals surface area contributed by atoms with Crippen molar-refractivity contribution in [3.63, 3.8) is 0 Å². The van der Waals surface area contributed by atoms with Gasteiger partial charge in [-0.25, -0.2) is 0 Å². The SMILES string of the molecule is CCC1C(=O)NC(C)(C)C(=O)N1Cc1cccc(C)n1. The van der Waals surface area contributed by atoms with Crippen LogP contribution in [0.3, 0.4) is 0 Å². The van der Waals surface area contributed by atoms with E-state index in [0.717, 1.165) is 11.4 Å². The molecule has 1 aromatic rings. The van der Waals surface area contributed by atoms with Crippen molar-refractivity contribution in [3.05, 3.63) is 29.6 Å². The number of pyridine rings is 1. The average Bonchev–Trinajstić information content (AvgIpc) is 2.35. The Labute approximate surface area is 119 Å². The number of carbonyl (C=O) groups is 2. The molecule has 20 heavy (non-hydrogen) atoms. The number of nitrogens with zero attached hydrogens (tertiary/aromatic N) is 2. The molecule has 1 unspecified atom stereocenters. The quantitative estimate of drug-likeness (QED) is 0.907. The lowest BCUT2D eigenvalue weighted by atomic mass is 9.95. The first kappa shape index (κ1) is 14.5. The first-order valence-corrected chi connectivity index (χ1v) is 6.91. The highest BCUT2D eigenvalue weighted by atomic mass is 16.2. The van der Waals surface area contributed by atoms with Gasteiger partial charge in [-0.1, -0.05) is 13.0 Å². The van der Waals surface area contributed by atoms with Gasteiger partial charge in [0.25, 0.3) is 0 Å². The summed E-state index contributed by atoms with van der Waals surface area (Å²) in [5.41, 5.74) is 0.859. The Morgan fingerprint density at radius 2 is 2.05 bits per heavy atom. The maximum atomic E-state index is 12.5. The molecular formula is C15H21N3O2. The van der Waals surface area contributed by atoms with Crippen LogP contribution in [0.5, 0.6) is 0 Å². The highest BCUT2D eigenvalue weighted by molar-refractivity contribution is 5.99. The molecule has 0 spiro atoms. The van der Waals surface area contributed by atoms with Crippen molar-refractivity contribution in [2.75, 3.05) is 0 Å². The second kappa shape index (κ2) is 5.23. The zero-order valence-electron chi connectivity index (χ0n) is 12.4. The Hall–Kier alpha value is -1.91. The summed E-state index contributed by atoms with van der Waals surface area (Å²) in [7, 11) is 0. The van der Waals surface area contributed by atoms with Crippen LogP contribution < -0.4 is 5.32 Å². The maximum Gasteiger partial charge on any atom is 0.248 e. The van der Waals surface area contributed by atoms with Crippen LogP contribution in [0.15, 0.2) is 18.2 Å². The third-order valence-corrected chi connectivity index (χ3v) is 3.58. The largest absolute Gasteiger partial charge is 0.340 e. The minimum Gasteiger partial charge on any atom is -0.340 e. The Kier molecular flexibility index (Phi) is 3.79. The summed E-state index contributed by atoms with van der Waals surface area (Å²) in [5, 5.41) is 2.78. The molecule has 2 rings (SSSR count). The normalized spacial score (nSPS) is 21.8. The molecule has 2 amide bonds. The van der Waals surface area contributed by atoms with Crippen molar-refractivity contribution in [1.82, 2.24) is 15.2 Å². The fourth-order valence-electron chi connectivity index (χ4n) is 2.54. The number of hydrogen-bond acceptors (Lipinski definition) is 3. The van der Waals surface area contributed by atoms with Crippen molar-refractivity contribution < 1.29 is 9.59 Å². The zero-order valence-corrected chi connectivity index (χ0v) is 12.4. The summed E-state index contributed by atoms with van der Waals surface area (Å²) in [6.45, 7) is 7.66. The van der Waals surface area contributed by atoms with Gasteiger partial charge in [-0.15, -0.1) is 0 Å². The summed E-state index contributed by atoms with van der Waals surface area (Å²) in [4.78, 5) is 30.7. The minimum atomic E-state index is -0.855. The Bertz CT molecular complexity index is 540. The highest BCUT2D eigenvalue weighted by Gasteiger charge is 2.44. The van der Waals surface area contributed by atoms with E-state index in [4.69, 9.17) is 0 Å². The topological polar surface area (TPSA) is 62.3 Å². The van der Waals surface area contributed by atoms with Gasteiger partial charge in [-0.3, -0.25) is 14.6 Å². The predicted molar refractivity (Wildman–Crippen MR) is 75.8 cm³/mol. The number of piperazine rings is 1. The molecule has 1 saturated heterocycles. The molecular weight excluding hydrogens is 254 g/mol. The van der Waals surface area contributed by atoms with Gasteiger partial charge >= 0.3 is 0 Å². The predicted octanol–water partition coefficient (Wildman–Crippen LogP) is 1.41. The number of aryl methyl sites for hydroxylation is 1. The van der Waals surface area contributed by atoms with Gasteiger partial charge in [0.2, 0.25) is 11.8 Å². The highest BCUT2D eigenvalue weighted by Crippen LogP contribution is 2.21. The molecule has 0 radical (unpaired) electrons. The molecule has 1 N–H and O–H groups in total. The van der Waals surface area contributed by atoms with Crippen molar-refractivity contribution >= 4 is 11.8 Å². The first-order chi connectivity index (χ1) is 9.35. The van der Waals surface area contributed by atoms with Crippen LogP contribution >= 0.6 is 0 Å². The zero-order chi connectivity index (χ0) is 14.9. The van der Waals surface area contributed by atoms with Crippen LogP contribution in [-0.4, -0.2) is 33.3 Å². The summed E-state index contributed by atoms with van der Waals surface area (Å²) in [5.74, 6) is -0.156. The van der Waals surface area contributed by atoms with Gasteiger partial charge in [0.05, 0.1) is 12.2 Å². The van der Waals surface area contributed by atoms with E-state index in [1.54, 1.807) is 18.7 Å². The van der Waals surface area contributed by atoms with Gasteiger partial charge < -0.3 is 10.2 Å². The van der Waals surface area contributed by atoms with Crippen molar-refractivity contribution in [2.45, 2.75) is 52.2 Å². The number of aromatic nitrogens is 1. The number of carbonyl (C=O) groups excluding carboxylic acids is 2. The molecule has 0 aromatic carbocycles. The van der Waals surface area contributed by atoms with E-state index in [1.807, 2.05) is 32.0 Å².